The van der Waals surface area contributed by atoms with Gasteiger partial charge in [-0.25, -0.2) is 0 Å². The molecule has 1 saturated heterocycles. The van der Waals surface area contributed by atoms with Crippen LogP contribution in [0.15, 0.2) is 71.7 Å². The van der Waals surface area contributed by atoms with Crippen molar-refractivity contribution in [2.75, 3.05) is 25.5 Å². The Bertz CT molecular complexity index is 1930. The van der Waals surface area contributed by atoms with Crippen molar-refractivity contribution in [1.82, 2.24) is 14.8 Å². The molecule has 3 N–H and O–H groups in total. The molecule has 2 unspecified atom stereocenters. The first-order chi connectivity index (χ1) is 22.9. The maximum absolute atomic E-state index is 14.3. The number of non-ortho nitro benzene ring substituents is 1. The first-order valence-electron chi connectivity index (χ1n) is 15.9. The summed E-state index contributed by atoms with van der Waals surface area (Å²) in [6.07, 6.45) is 3.84. The van der Waals surface area contributed by atoms with E-state index < -0.39 is 16.9 Å². The molecule has 0 aliphatic carbocycles. The number of likely N-dealkylation sites (tertiary alicyclic amines) is 1. The van der Waals surface area contributed by atoms with Crippen molar-refractivity contribution in [2.45, 2.75) is 58.0 Å². The van der Waals surface area contributed by atoms with Crippen LogP contribution in [-0.4, -0.2) is 62.7 Å². The van der Waals surface area contributed by atoms with Gasteiger partial charge in [-0.2, -0.15) is 0 Å². The second kappa shape index (κ2) is 14.5. The topological polar surface area (TPSA) is 166 Å². The van der Waals surface area contributed by atoms with E-state index in [1.165, 1.54) is 23.1 Å². The highest BCUT2D eigenvalue weighted by atomic mass is 16.6. The Morgan fingerprint density at radius 3 is 2.50 bits per heavy atom. The van der Waals surface area contributed by atoms with Crippen LogP contribution in [0.2, 0.25) is 0 Å². The summed E-state index contributed by atoms with van der Waals surface area (Å²) in [6, 6.07) is 15.8. The number of nitrogens with one attached hydrogen (secondary N) is 2. The molecule has 1 fully saturated rings. The SMILES string of the molecule is Cc1cc(C(Nc2ccc3cc[nH]c(=O)c3c2)C(=O)N(C)Cc2cc([N+](=O)[O-])ccc2C(=O)N2CCCC2)ccc1C(C)CCC(=O)O. The van der Waals surface area contributed by atoms with E-state index >= 15 is 0 Å². The van der Waals surface area contributed by atoms with Gasteiger partial charge in [0.25, 0.3) is 17.2 Å². The van der Waals surface area contributed by atoms with E-state index in [2.05, 4.69) is 10.3 Å². The molecule has 1 aliphatic rings. The zero-order valence-electron chi connectivity index (χ0n) is 27.2. The molecule has 0 bridgehead atoms. The summed E-state index contributed by atoms with van der Waals surface area (Å²) in [6.45, 7) is 5.03. The molecule has 5 rings (SSSR count). The van der Waals surface area contributed by atoms with Gasteiger partial charge in [-0.1, -0.05) is 31.2 Å². The highest BCUT2D eigenvalue weighted by Gasteiger charge is 2.29. The molecule has 48 heavy (non-hydrogen) atoms. The molecular formula is C36H39N5O7. The van der Waals surface area contributed by atoms with E-state index in [9.17, 15) is 29.3 Å². The number of H-pyrrole nitrogens is 1. The molecule has 250 valence electrons. The second-order valence-electron chi connectivity index (χ2n) is 12.4. The van der Waals surface area contributed by atoms with E-state index in [1.807, 2.05) is 32.0 Å². The third-order valence-corrected chi connectivity index (χ3v) is 8.99. The number of rotatable bonds is 12. The van der Waals surface area contributed by atoms with Crippen molar-refractivity contribution >= 4 is 39.9 Å². The predicted octanol–water partition coefficient (Wildman–Crippen LogP) is 5.76. The van der Waals surface area contributed by atoms with Gasteiger partial charge in [-0.15, -0.1) is 0 Å². The molecule has 3 aromatic carbocycles. The minimum Gasteiger partial charge on any atom is -0.481 e. The lowest BCUT2D eigenvalue weighted by Crippen LogP contribution is -2.36. The van der Waals surface area contributed by atoms with Gasteiger partial charge in [0.1, 0.15) is 6.04 Å². The summed E-state index contributed by atoms with van der Waals surface area (Å²) in [5.41, 5.74) is 3.26. The molecular weight excluding hydrogens is 614 g/mol. The number of carbonyl (C=O) groups excluding carboxylic acids is 2. The number of benzene rings is 3. The van der Waals surface area contributed by atoms with Gasteiger partial charge in [0.15, 0.2) is 0 Å². The number of nitro groups is 1. The first-order valence-corrected chi connectivity index (χ1v) is 15.9. The van der Waals surface area contributed by atoms with Crippen LogP contribution in [0.5, 0.6) is 0 Å². The number of nitrogens with zero attached hydrogens (tertiary/aromatic N) is 3. The number of anilines is 1. The van der Waals surface area contributed by atoms with Crippen molar-refractivity contribution in [2.24, 2.45) is 0 Å². The molecule has 2 atom stereocenters. The van der Waals surface area contributed by atoms with Gasteiger partial charge < -0.3 is 25.2 Å². The molecule has 0 saturated carbocycles. The van der Waals surface area contributed by atoms with Gasteiger partial charge >= 0.3 is 5.97 Å². The first kappa shape index (κ1) is 33.8. The summed E-state index contributed by atoms with van der Waals surface area (Å²) < 4.78 is 0. The number of aryl methyl sites for hydroxylation is 1. The van der Waals surface area contributed by atoms with Crippen LogP contribution in [0, 0.1) is 17.0 Å². The standard InChI is InChI=1S/C36H39N5O7/c1-22(6-13-32(42)43)29-11-8-25(18-23(29)2)33(38-27-9-7-24-14-15-37-34(44)31(24)20-27)36(46)39(3)21-26-19-28(41(47)48)10-12-30(26)35(45)40-16-4-5-17-40/h7-12,14-15,18-20,22,33,38H,4-6,13,16-17,21H2,1-3H3,(H,37,44)(H,42,43). The van der Waals surface area contributed by atoms with Crippen molar-refractivity contribution < 1.29 is 24.4 Å². The zero-order valence-corrected chi connectivity index (χ0v) is 27.2. The Morgan fingerprint density at radius 2 is 1.81 bits per heavy atom. The zero-order chi connectivity index (χ0) is 34.5. The maximum Gasteiger partial charge on any atom is 0.303 e. The molecule has 2 amide bonds. The lowest BCUT2D eigenvalue weighted by molar-refractivity contribution is -0.384. The largest absolute Gasteiger partial charge is 0.481 e. The van der Waals surface area contributed by atoms with Gasteiger partial charge in [-0.3, -0.25) is 29.3 Å². The minimum absolute atomic E-state index is 0.0208. The second-order valence-corrected chi connectivity index (χ2v) is 12.4. The van der Waals surface area contributed by atoms with Crippen LogP contribution in [0.4, 0.5) is 11.4 Å². The number of hydrogen-bond acceptors (Lipinski definition) is 7. The number of carboxylic acids is 1. The number of aromatic amines is 1. The number of aliphatic carboxylic acids is 1. The van der Waals surface area contributed by atoms with Gasteiger partial charge in [0.05, 0.1) is 4.92 Å². The number of hydrogen-bond donors (Lipinski definition) is 3. The highest BCUT2D eigenvalue weighted by Crippen LogP contribution is 2.30. The van der Waals surface area contributed by atoms with E-state index in [-0.39, 0.29) is 41.9 Å². The number of nitro benzene ring substituents is 1. The van der Waals surface area contributed by atoms with Gasteiger partial charge in [0, 0.05) is 68.1 Å². The molecule has 12 nitrogen and oxygen atoms in total. The molecule has 2 heterocycles. The van der Waals surface area contributed by atoms with Gasteiger partial charge in [-0.05, 0) is 84.0 Å². The summed E-state index contributed by atoms with van der Waals surface area (Å²) in [5.74, 6) is -1.48. The number of fused-ring (bicyclic) bond motifs is 1. The quantitative estimate of drug-likeness (QED) is 0.128. The molecule has 4 aromatic rings. The van der Waals surface area contributed by atoms with E-state index in [0.717, 1.165) is 29.4 Å². The predicted molar refractivity (Wildman–Crippen MR) is 182 cm³/mol. The number of amides is 2. The third-order valence-electron chi connectivity index (χ3n) is 8.99. The average Bonchev–Trinajstić information content (AvgIpc) is 3.61. The summed E-state index contributed by atoms with van der Waals surface area (Å²) in [4.78, 5) is 68.5. The van der Waals surface area contributed by atoms with Crippen LogP contribution in [0.1, 0.15) is 77.2 Å². The minimum atomic E-state index is -0.936. The van der Waals surface area contributed by atoms with Crippen molar-refractivity contribution in [3.63, 3.8) is 0 Å². The highest BCUT2D eigenvalue weighted by molar-refractivity contribution is 5.96. The monoisotopic (exact) mass is 653 g/mol. The number of carboxylic acid groups (broad SMARTS) is 1. The van der Waals surface area contributed by atoms with Crippen LogP contribution in [-0.2, 0) is 16.1 Å². The third kappa shape index (κ3) is 7.54. The Balaban J connectivity index is 1.50. The number of aromatic nitrogens is 1. The van der Waals surface area contributed by atoms with Crippen LogP contribution in [0.25, 0.3) is 10.8 Å². The fourth-order valence-electron chi connectivity index (χ4n) is 6.33. The summed E-state index contributed by atoms with van der Waals surface area (Å²) in [7, 11) is 1.58. The number of likely N-dealkylation sites (N-methyl/N-ethyl adjacent to an activating group) is 1. The molecule has 1 aromatic heterocycles. The molecule has 12 heteroatoms. The number of pyridine rings is 1. The van der Waals surface area contributed by atoms with Crippen LogP contribution >= 0.6 is 0 Å². The summed E-state index contributed by atoms with van der Waals surface area (Å²) in [5, 5.41) is 25.3. The average molecular weight is 654 g/mol. The van der Waals surface area contributed by atoms with Crippen molar-refractivity contribution in [3.8, 4) is 0 Å². The molecule has 0 spiro atoms. The van der Waals surface area contributed by atoms with E-state index in [1.54, 1.807) is 42.4 Å². The van der Waals surface area contributed by atoms with E-state index in [4.69, 9.17) is 5.11 Å². The Kier molecular flexibility index (Phi) is 10.2. The number of carbonyl (C=O) groups is 3. The smallest absolute Gasteiger partial charge is 0.303 e. The lowest BCUT2D eigenvalue weighted by atomic mass is 9.90. The molecule has 0 radical (unpaired) electrons. The lowest BCUT2D eigenvalue weighted by Gasteiger charge is -2.27. The van der Waals surface area contributed by atoms with Gasteiger partial charge in [0.2, 0.25) is 5.91 Å². The summed E-state index contributed by atoms with van der Waals surface area (Å²) >= 11 is 0. The fourth-order valence-corrected chi connectivity index (χ4v) is 6.33. The van der Waals surface area contributed by atoms with Crippen LogP contribution in [0.3, 0.4) is 0 Å². The maximum atomic E-state index is 14.3. The normalized spacial score (nSPS) is 14.0. The Hall–Kier alpha value is -5.52. The van der Waals surface area contributed by atoms with Crippen molar-refractivity contribution in [3.05, 3.63) is 115 Å². The van der Waals surface area contributed by atoms with Crippen molar-refractivity contribution in [1.29, 1.82) is 0 Å². The van der Waals surface area contributed by atoms with Crippen LogP contribution < -0.4 is 10.9 Å². The Labute approximate surface area is 277 Å². The van der Waals surface area contributed by atoms with E-state index in [0.29, 0.717) is 47.3 Å². The molecule has 1 aliphatic heterocycles. The Morgan fingerprint density at radius 1 is 1.06 bits per heavy atom. The fraction of sp³-hybridized carbons (Fsp3) is 0.333.